The van der Waals surface area contributed by atoms with E-state index in [9.17, 15) is 14.4 Å². The molecule has 0 atom stereocenters. The van der Waals surface area contributed by atoms with Gasteiger partial charge in [-0.2, -0.15) is 0 Å². The average Bonchev–Trinajstić information content (AvgIpc) is 2.51. The van der Waals surface area contributed by atoms with Gasteiger partial charge in [-0.3, -0.25) is 9.59 Å². The number of amides is 2. The summed E-state index contributed by atoms with van der Waals surface area (Å²) in [7, 11) is 0. The molecule has 7 nitrogen and oxygen atoms in total. The molecule has 120 valence electrons. The molecular weight excluding hydrogens is 286 g/mol. The van der Waals surface area contributed by atoms with E-state index in [2.05, 4.69) is 10.3 Å². The van der Waals surface area contributed by atoms with Crippen LogP contribution in [0.15, 0.2) is 18.3 Å². The van der Waals surface area contributed by atoms with Crippen molar-refractivity contribution < 1.29 is 19.5 Å². The van der Waals surface area contributed by atoms with Crippen molar-refractivity contribution in [3.8, 4) is 0 Å². The van der Waals surface area contributed by atoms with Crippen LogP contribution in [0.5, 0.6) is 0 Å². The van der Waals surface area contributed by atoms with Gasteiger partial charge in [0.2, 0.25) is 5.91 Å². The lowest BCUT2D eigenvalue weighted by molar-refractivity contribution is -0.121. The Bertz CT molecular complexity index is 545. The molecule has 2 amide bonds. The van der Waals surface area contributed by atoms with Crippen LogP contribution >= 0.6 is 0 Å². The van der Waals surface area contributed by atoms with Gasteiger partial charge in [0.05, 0.1) is 6.54 Å². The molecule has 0 aliphatic carbocycles. The maximum Gasteiger partial charge on any atom is 0.354 e. The van der Waals surface area contributed by atoms with Crippen LogP contribution < -0.4 is 5.32 Å². The van der Waals surface area contributed by atoms with Gasteiger partial charge in [0.1, 0.15) is 5.69 Å². The highest BCUT2D eigenvalue weighted by molar-refractivity contribution is 5.98. The van der Waals surface area contributed by atoms with Crippen molar-refractivity contribution in [3.05, 3.63) is 29.6 Å². The van der Waals surface area contributed by atoms with E-state index in [1.54, 1.807) is 0 Å². The van der Waals surface area contributed by atoms with Gasteiger partial charge in [-0.05, 0) is 25.0 Å². The van der Waals surface area contributed by atoms with Gasteiger partial charge in [-0.15, -0.1) is 0 Å². The van der Waals surface area contributed by atoms with Crippen molar-refractivity contribution in [2.75, 3.05) is 19.6 Å². The molecule has 0 aromatic carbocycles. The van der Waals surface area contributed by atoms with Gasteiger partial charge in [0, 0.05) is 24.8 Å². The monoisotopic (exact) mass is 307 g/mol. The quantitative estimate of drug-likeness (QED) is 0.750. The number of carbonyl (C=O) groups is 3. The summed E-state index contributed by atoms with van der Waals surface area (Å²) in [6.07, 6.45) is 2.79. The molecule has 2 N–H and O–H groups in total. The first-order valence-corrected chi connectivity index (χ1v) is 7.24. The summed E-state index contributed by atoms with van der Waals surface area (Å²) >= 11 is 0. The lowest BCUT2D eigenvalue weighted by Crippen LogP contribution is -2.41. The maximum atomic E-state index is 12.4. The Hall–Kier alpha value is -2.44. The zero-order chi connectivity index (χ0) is 16.5. The standard InChI is InChI=1S/C15H21N3O4/c1-3-6-17-13(19)10-18(8-4-2)14(20)11-5-7-16-12(9-11)15(21)22/h5,7,9H,3-4,6,8,10H2,1-2H3,(H,17,19)(H,21,22). The second-order valence-corrected chi connectivity index (χ2v) is 4.81. The zero-order valence-electron chi connectivity index (χ0n) is 12.8. The van der Waals surface area contributed by atoms with Gasteiger partial charge in [0.15, 0.2) is 0 Å². The van der Waals surface area contributed by atoms with E-state index < -0.39 is 5.97 Å². The van der Waals surface area contributed by atoms with Gasteiger partial charge in [0.25, 0.3) is 5.91 Å². The number of nitrogens with zero attached hydrogens (tertiary/aromatic N) is 2. The van der Waals surface area contributed by atoms with Crippen LogP contribution in [0, 0.1) is 0 Å². The largest absolute Gasteiger partial charge is 0.477 e. The van der Waals surface area contributed by atoms with Crippen LogP contribution in [-0.2, 0) is 4.79 Å². The first kappa shape index (κ1) is 17.6. The molecule has 0 fully saturated rings. The van der Waals surface area contributed by atoms with Crippen molar-refractivity contribution in [1.82, 2.24) is 15.2 Å². The molecule has 0 bridgehead atoms. The van der Waals surface area contributed by atoms with Gasteiger partial charge >= 0.3 is 5.97 Å². The number of carboxylic acid groups (broad SMARTS) is 1. The van der Waals surface area contributed by atoms with Crippen LogP contribution in [0.3, 0.4) is 0 Å². The lowest BCUT2D eigenvalue weighted by Gasteiger charge is -2.21. The summed E-state index contributed by atoms with van der Waals surface area (Å²) in [5.74, 6) is -1.80. The SMILES string of the molecule is CCCNC(=O)CN(CCC)C(=O)c1ccnc(C(=O)O)c1. The van der Waals surface area contributed by atoms with Gasteiger partial charge in [-0.25, -0.2) is 9.78 Å². The van der Waals surface area contributed by atoms with Crippen molar-refractivity contribution >= 4 is 17.8 Å². The predicted molar refractivity (Wildman–Crippen MR) is 80.7 cm³/mol. The fraction of sp³-hybridized carbons (Fsp3) is 0.467. The number of aromatic carboxylic acids is 1. The Kier molecular flexibility index (Phi) is 7.01. The molecule has 1 aromatic rings. The fourth-order valence-electron chi connectivity index (χ4n) is 1.88. The third kappa shape index (κ3) is 5.16. The minimum absolute atomic E-state index is 0.0442. The van der Waals surface area contributed by atoms with Gasteiger partial charge in [-0.1, -0.05) is 13.8 Å². The molecule has 0 aliphatic rings. The van der Waals surface area contributed by atoms with E-state index in [0.29, 0.717) is 19.5 Å². The smallest absolute Gasteiger partial charge is 0.354 e. The fourth-order valence-corrected chi connectivity index (χ4v) is 1.88. The van der Waals surface area contributed by atoms with E-state index in [-0.39, 0.29) is 29.6 Å². The molecule has 0 unspecified atom stereocenters. The number of nitrogens with one attached hydrogen (secondary N) is 1. The minimum atomic E-state index is -1.20. The molecular formula is C15H21N3O4. The first-order valence-electron chi connectivity index (χ1n) is 7.24. The van der Waals surface area contributed by atoms with Crippen LogP contribution in [0.2, 0.25) is 0 Å². The summed E-state index contributed by atoms with van der Waals surface area (Å²) in [6, 6.07) is 2.67. The second-order valence-electron chi connectivity index (χ2n) is 4.81. The van der Waals surface area contributed by atoms with Crippen LogP contribution in [0.1, 0.15) is 47.5 Å². The number of carbonyl (C=O) groups excluding carboxylic acids is 2. The molecule has 0 radical (unpaired) electrons. The van der Waals surface area contributed by atoms with Crippen LogP contribution in [0.25, 0.3) is 0 Å². The summed E-state index contributed by atoms with van der Waals surface area (Å²) < 4.78 is 0. The average molecular weight is 307 g/mol. The summed E-state index contributed by atoms with van der Waals surface area (Å²) in [5, 5.41) is 11.6. The number of aromatic nitrogens is 1. The van der Waals surface area contributed by atoms with Crippen LogP contribution in [-0.4, -0.2) is 52.4 Å². The Morgan fingerprint density at radius 1 is 1.27 bits per heavy atom. The third-order valence-corrected chi connectivity index (χ3v) is 2.91. The molecule has 7 heteroatoms. The molecule has 1 heterocycles. The van der Waals surface area contributed by atoms with Crippen molar-refractivity contribution in [2.45, 2.75) is 26.7 Å². The number of rotatable bonds is 8. The molecule has 22 heavy (non-hydrogen) atoms. The van der Waals surface area contributed by atoms with E-state index in [0.717, 1.165) is 6.42 Å². The molecule has 0 saturated heterocycles. The topological polar surface area (TPSA) is 99.6 Å². The lowest BCUT2D eigenvalue weighted by atomic mass is 10.2. The molecule has 1 aromatic heterocycles. The molecule has 0 spiro atoms. The van der Waals surface area contributed by atoms with E-state index in [4.69, 9.17) is 5.11 Å². The highest BCUT2D eigenvalue weighted by atomic mass is 16.4. The number of pyridine rings is 1. The van der Waals surface area contributed by atoms with E-state index >= 15 is 0 Å². The second kappa shape index (κ2) is 8.76. The van der Waals surface area contributed by atoms with Crippen LogP contribution in [0.4, 0.5) is 0 Å². The molecule has 1 rings (SSSR count). The zero-order valence-corrected chi connectivity index (χ0v) is 12.8. The van der Waals surface area contributed by atoms with E-state index in [1.807, 2.05) is 13.8 Å². The molecule has 0 aliphatic heterocycles. The Balaban J connectivity index is 2.86. The van der Waals surface area contributed by atoms with Crippen molar-refractivity contribution in [2.24, 2.45) is 0 Å². The van der Waals surface area contributed by atoms with E-state index in [1.165, 1.54) is 23.2 Å². The Morgan fingerprint density at radius 2 is 2.00 bits per heavy atom. The third-order valence-electron chi connectivity index (χ3n) is 2.91. The summed E-state index contributed by atoms with van der Waals surface area (Å²) in [4.78, 5) is 40.2. The Morgan fingerprint density at radius 3 is 2.59 bits per heavy atom. The van der Waals surface area contributed by atoms with Crippen molar-refractivity contribution in [1.29, 1.82) is 0 Å². The first-order chi connectivity index (χ1) is 10.5. The minimum Gasteiger partial charge on any atom is -0.477 e. The summed E-state index contributed by atoms with van der Waals surface area (Å²) in [5.41, 5.74) is 0.0156. The predicted octanol–water partition coefficient (Wildman–Crippen LogP) is 1.16. The highest BCUT2D eigenvalue weighted by Crippen LogP contribution is 2.07. The number of hydrogen-bond donors (Lipinski definition) is 2. The molecule has 0 saturated carbocycles. The maximum absolute atomic E-state index is 12.4. The normalized spacial score (nSPS) is 10.1. The Labute approximate surface area is 129 Å². The summed E-state index contributed by atoms with van der Waals surface area (Å²) in [6.45, 7) is 4.78. The number of carboxylic acids is 1. The van der Waals surface area contributed by atoms with Gasteiger partial charge < -0.3 is 15.3 Å². The highest BCUT2D eigenvalue weighted by Gasteiger charge is 2.19. The number of hydrogen-bond acceptors (Lipinski definition) is 4. The van der Waals surface area contributed by atoms with Crippen molar-refractivity contribution in [3.63, 3.8) is 0 Å².